The first-order valence-corrected chi connectivity index (χ1v) is 19.3. The first-order valence-electron chi connectivity index (χ1n) is 19.3. The summed E-state index contributed by atoms with van der Waals surface area (Å²) >= 11 is 0. The van der Waals surface area contributed by atoms with E-state index in [9.17, 15) is 0 Å². The molecule has 9 rings (SSSR count). The average Bonchev–Trinajstić information content (AvgIpc) is 3.70. The number of aryl methyl sites for hydroxylation is 5. The number of rotatable bonds is 7. The molecule has 2 aliphatic heterocycles. The summed E-state index contributed by atoms with van der Waals surface area (Å²) in [4.78, 5) is 9.66. The Bertz CT molecular complexity index is 2700. The molecule has 0 saturated heterocycles. The minimum absolute atomic E-state index is 0.0282. The van der Waals surface area contributed by atoms with Gasteiger partial charge in [-0.3, -0.25) is 4.57 Å². The van der Waals surface area contributed by atoms with Gasteiger partial charge in [0.15, 0.2) is 0 Å². The van der Waals surface area contributed by atoms with Crippen LogP contribution in [0.2, 0.25) is 0 Å². The molecule has 2 aliphatic rings. The van der Waals surface area contributed by atoms with Gasteiger partial charge in [0.2, 0.25) is 0 Å². The Hall–Kier alpha value is -6.33. The molecule has 5 aromatic carbocycles. The van der Waals surface area contributed by atoms with Gasteiger partial charge < -0.3 is 14.5 Å². The minimum Gasteiger partial charge on any atom is -0.457 e. The summed E-state index contributed by atoms with van der Waals surface area (Å²) in [5.41, 5.74) is 15.5. The molecule has 1 atom stereocenters. The Balaban J connectivity index is 1.22. The molecular weight excluding hydrogens is 673 g/mol. The van der Waals surface area contributed by atoms with E-state index in [1.165, 1.54) is 50.0 Å². The number of para-hydroxylation sites is 1. The van der Waals surface area contributed by atoms with Crippen LogP contribution in [0.4, 0.5) is 5.69 Å². The van der Waals surface area contributed by atoms with E-state index in [1.807, 2.05) is 6.20 Å². The predicted octanol–water partition coefficient (Wildman–Crippen LogP) is 12.8. The Morgan fingerprint density at radius 3 is 2.18 bits per heavy atom. The lowest BCUT2D eigenvalue weighted by Crippen LogP contribution is -2.37. The van der Waals surface area contributed by atoms with Gasteiger partial charge in [-0.1, -0.05) is 74.0 Å². The Kier molecular flexibility index (Phi) is 8.46. The molecule has 0 saturated carbocycles. The zero-order chi connectivity index (χ0) is 38.0. The number of hydrogen-bond acceptors (Lipinski definition) is 4. The largest absolute Gasteiger partial charge is 0.457 e. The van der Waals surface area contributed by atoms with Crippen molar-refractivity contribution in [2.45, 2.75) is 60.5 Å². The monoisotopic (exact) mass is 718 g/mol. The Morgan fingerprint density at radius 1 is 0.655 bits per heavy atom. The second-order valence-corrected chi connectivity index (χ2v) is 15.5. The molecule has 0 spiro atoms. The van der Waals surface area contributed by atoms with Crippen LogP contribution in [0.5, 0.6) is 11.5 Å². The van der Waals surface area contributed by atoms with Crippen LogP contribution in [-0.4, -0.2) is 20.6 Å². The number of anilines is 1. The van der Waals surface area contributed by atoms with E-state index in [4.69, 9.17) is 9.72 Å². The molecule has 5 heteroatoms. The molecule has 7 aromatic rings. The summed E-state index contributed by atoms with van der Waals surface area (Å²) in [6.07, 6.45) is 12.9. The van der Waals surface area contributed by atoms with Crippen molar-refractivity contribution < 1.29 is 4.74 Å². The lowest BCUT2D eigenvalue weighted by atomic mass is 9.93. The molecule has 4 heterocycles. The van der Waals surface area contributed by atoms with Gasteiger partial charge in [-0.2, -0.15) is 0 Å². The molecule has 272 valence electrons. The molecular formula is C50H46N4O. The molecule has 5 nitrogen and oxygen atoms in total. The van der Waals surface area contributed by atoms with Crippen LogP contribution >= 0.6 is 0 Å². The molecule has 0 radical (unpaired) electrons. The van der Waals surface area contributed by atoms with Crippen molar-refractivity contribution in [3.8, 4) is 28.4 Å². The lowest BCUT2D eigenvalue weighted by molar-refractivity contribution is 0.455. The summed E-state index contributed by atoms with van der Waals surface area (Å²) in [7, 11) is 0. The van der Waals surface area contributed by atoms with Crippen LogP contribution in [0, 0.1) is 34.6 Å². The van der Waals surface area contributed by atoms with Gasteiger partial charge >= 0.3 is 0 Å². The summed E-state index contributed by atoms with van der Waals surface area (Å²) < 4.78 is 9.25. The summed E-state index contributed by atoms with van der Waals surface area (Å²) in [5.74, 6) is 2.85. The van der Waals surface area contributed by atoms with Crippen molar-refractivity contribution in [1.29, 1.82) is 0 Å². The average molecular weight is 719 g/mol. The highest BCUT2D eigenvalue weighted by Gasteiger charge is 2.34. The maximum atomic E-state index is 6.98. The van der Waals surface area contributed by atoms with Gasteiger partial charge in [0.05, 0.1) is 16.7 Å². The zero-order valence-corrected chi connectivity index (χ0v) is 32.6. The molecule has 0 N–H and O–H groups in total. The van der Waals surface area contributed by atoms with Crippen LogP contribution in [0.1, 0.15) is 58.7 Å². The van der Waals surface area contributed by atoms with E-state index >= 15 is 0 Å². The van der Waals surface area contributed by atoms with Crippen molar-refractivity contribution in [2.24, 2.45) is 0 Å². The molecule has 55 heavy (non-hydrogen) atoms. The van der Waals surface area contributed by atoms with Crippen molar-refractivity contribution in [3.63, 3.8) is 0 Å². The number of hydrogen-bond donors (Lipinski definition) is 0. The van der Waals surface area contributed by atoms with E-state index in [0.717, 1.165) is 50.6 Å². The first-order chi connectivity index (χ1) is 26.6. The van der Waals surface area contributed by atoms with Crippen molar-refractivity contribution >= 4 is 33.2 Å². The molecule has 0 fully saturated rings. The fourth-order valence-electron chi connectivity index (χ4n) is 8.74. The number of pyridine rings is 1. The maximum Gasteiger partial charge on any atom is 0.137 e. The topological polar surface area (TPSA) is 33.5 Å². The fourth-order valence-corrected chi connectivity index (χ4v) is 8.74. The van der Waals surface area contributed by atoms with E-state index in [0.29, 0.717) is 5.92 Å². The van der Waals surface area contributed by atoms with Crippen LogP contribution in [-0.2, 0) is 0 Å². The second kappa shape index (κ2) is 13.5. The minimum atomic E-state index is 0.0282. The van der Waals surface area contributed by atoms with Crippen LogP contribution in [0.25, 0.3) is 44.4 Å². The third kappa shape index (κ3) is 6.01. The molecule has 1 unspecified atom stereocenters. The number of ether oxygens (including phenoxy) is 1. The normalized spacial score (nSPS) is 15.1. The quantitative estimate of drug-likeness (QED) is 0.164. The standard InChI is InChI=1S/C50H46N4O/c1-31(2)37-20-21-51-47(28-37)53-44-16-9-8-15-42(44)43-19-18-40(29-45(43)53)55-41-26-38(25-39(27-41)49-33(4)13-12-14-34(49)5)46-30-52-22-11-10-17-48(52)54(46)50-35(6)23-32(3)24-36(50)7/h8-31,48H,1-7H3. The fraction of sp³-hybridized carbons (Fsp3) is 0.180. The van der Waals surface area contributed by atoms with Gasteiger partial charge in [0, 0.05) is 46.7 Å². The molecule has 0 bridgehead atoms. The SMILES string of the molecule is Cc1cc(C)c(N2C(c3cc(Oc4ccc5c6ccccc6n(-c6cc(C(C)C)ccn6)c5c4)cc(-c4c(C)cccc4C)c3)=CN3C=CC=CC32)c(C)c1. The van der Waals surface area contributed by atoms with Crippen molar-refractivity contribution in [1.82, 2.24) is 14.5 Å². The number of benzene rings is 5. The molecule has 2 aromatic heterocycles. The van der Waals surface area contributed by atoms with E-state index in [1.54, 1.807) is 0 Å². The Labute approximate surface area is 324 Å². The summed E-state index contributed by atoms with van der Waals surface area (Å²) in [6, 6.07) is 37.2. The van der Waals surface area contributed by atoms with Crippen LogP contribution < -0.4 is 9.64 Å². The summed E-state index contributed by atoms with van der Waals surface area (Å²) in [5, 5.41) is 2.35. The van der Waals surface area contributed by atoms with E-state index in [2.05, 4.69) is 197 Å². The second-order valence-electron chi connectivity index (χ2n) is 15.5. The van der Waals surface area contributed by atoms with Crippen LogP contribution in [0.15, 0.2) is 140 Å². The highest BCUT2D eigenvalue weighted by atomic mass is 16.5. The highest BCUT2D eigenvalue weighted by Crippen LogP contribution is 2.44. The van der Waals surface area contributed by atoms with E-state index in [-0.39, 0.29) is 6.17 Å². The number of aromatic nitrogens is 2. The van der Waals surface area contributed by atoms with E-state index < -0.39 is 0 Å². The third-order valence-corrected chi connectivity index (χ3v) is 11.1. The van der Waals surface area contributed by atoms with Crippen LogP contribution in [0.3, 0.4) is 0 Å². The maximum absolute atomic E-state index is 6.98. The van der Waals surface area contributed by atoms with Crippen molar-refractivity contribution in [2.75, 3.05) is 4.90 Å². The third-order valence-electron chi connectivity index (χ3n) is 11.1. The van der Waals surface area contributed by atoms with Gasteiger partial charge in [-0.05, 0) is 140 Å². The Morgan fingerprint density at radius 2 is 1.40 bits per heavy atom. The summed E-state index contributed by atoms with van der Waals surface area (Å²) in [6.45, 7) is 15.5. The predicted molar refractivity (Wildman–Crippen MR) is 229 cm³/mol. The first kappa shape index (κ1) is 34.4. The molecule has 0 aliphatic carbocycles. The lowest BCUT2D eigenvalue weighted by Gasteiger charge is -2.34. The smallest absolute Gasteiger partial charge is 0.137 e. The van der Waals surface area contributed by atoms with Gasteiger partial charge in [-0.25, -0.2) is 4.98 Å². The van der Waals surface area contributed by atoms with Crippen molar-refractivity contribution in [3.05, 3.63) is 179 Å². The number of nitrogens with zero attached hydrogens (tertiary/aromatic N) is 4. The van der Waals surface area contributed by atoms with Gasteiger partial charge in [0.1, 0.15) is 23.5 Å². The highest BCUT2D eigenvalue weighted by molar-refractivity contribution is 6.09. The number of fused-ring (bicyclic) bond motifs is 4. The van der Waals surface area contributed by atoms with Gasteiger partial charge in [-0.15, -0.1) is 0 Å². The zero-order valence-electron chi connectivity index (χ0n) is 32.6. The molecule has 0 amide bonds. The number of allylic oxidation sites excluding steroid dienone is 2. The van der Waals surface area contributed by atoms with Gasteiger partial charge in [0.25, 0.3) is 0 Å².